The van der Waals surface area contributed by atoms with Gasteiger partial charge in [-0.1, -0.05) is 13.8 Å². The summed E-state index contributed by atoms with van der Waals surface area (Å²) in [6.07, 6.45) is 0. The van der Waals surface area contributed by atoms with E-state index in [0.717, 1.165) is 29.2 Å². The van der Waals surface area contributed by atoms with Gasteiger partial charge < -0.3 is 9.30 Å². The average molecular weight is 264 g/mol. The van der Waals surface area contributed by atoms with Gasteiger partial charge in [-0.05, 0) is 25.0 Å². The van der Waals surface area contributed by atoms with Gasteiger partial charge >= 0.3 is 0 Å². The van der Waals surface area contributed by atoms with Crippen molar-refractivity contribution in [2.75, 3.05) is 6.61 Å². The number of aromatic nitrogens is 2. The highest BCUT2D eigenvalue weighted by atomic mass is 32.1. The van der Waals surface area contributed by atoms with E-state index in [4.69, 9.17) is 4.74 Å². The summed E-state index contributed by atoms with van der Waals surface area (Å²) in [5.74, 6) is 3.15. The molecule has 18 heavy (non-hydrogen) atoms. The van der Waals surface area contributed by atoms with E-state index >= 15 is 0 Å². The Kier molecular flexibility index (Phi) is 4.17. The Morgan fingerprint density at radius 1 is 1.39 bits per heavy atom. The second-order valence-electron chi connectivity index (χ2n) is 4.77. The highest BCUT2D eigenvalue weighted by molar-refractivity contribution is 7.79. The first-order chi connectivity index (χ1) is 8.65. The maximum absolute atomic E-state index is 5.51. The molecule has 2 rings (SSSR count). The van der Waals surface area contributed by atoms with Crippen LogP contribution in [-0.2, 0) is 12.3 Å². The molecule has 0 radical (unpaired) electrons. The van der Waals surface area contributed by atoms with Gasteiger partial charge in [-0.2, -0.15) is 12.6 Å². The lowest BCUT2D eigenvalue weighted by Crippen LogP contribution is -2.07. The molecular weight excluding hydrogens is 244 g/mol. The van der Waals surface area contributed by atoms with E-state index in [2.05, 4.69) is 42.1 Å². The van der Waals surface area contributed by atoms with E-state index in [1.807, 2.05) is 19.1 Å². The second kappa shape index (κ2) is 5.65. The van der Waals surface area contributed by atoms with Gasteiger partial charge in [0.05, 0.1) is 17.6 Å². The van der Waals surface area contributed by atoms with Crippen molar-refractivity contribution < 1.29 is 4.74 Å². The number of nitrogens with zero attached hydrogens (tertiary/aromatic N) is 2. The number of hydrogen-bond acceptors (Lipinski definition) is 3. The molecule has 0 spiro atoms. The fourth-order valence-corrected chi connectivity index (χ4v) is 2.35. The molecule has 1 aromatic heterocycles. The third-order valence-electron chi connectivity index (χ3n) is 2.80. The summed E-state index contributed by atoms with van der Waals surface area (Å²) < 4.78 is 7.76. The molecule has 0 bridgehead atoms. The van der Waals surface area contributed by atoms with E-state index < -0.39 is 0 Å². The molecule has 0 amide bonds. The van der Waals surface area contributed by atoms with Crippen molar-refractivity contribution in [2.45, 2.75) is 33.1 Å². The molecule has 0 saturated heterocycles. The Hall–Kier alpha value is -1.16. The van der Waals surface area contributed by atoms with E-state index in [1.165, 1.54) is 0 Å². The molecule has 4 heteroatoms. The normalized spacial score (nSPS) is 11.4. The summed E-state index contributed by atoms with van der Waals surface area (Å²) in [4.78, 5) is 4.63. The average Bonchev–Trinajstić information content (AvgIpc) is 2.66. The number of ether oxygens (including phenoxy) is 1. The van der Waals surface area contributed by atoms with Gasteiger partial charge in [0.25, 0.3) is 0 Å². The van der Waals surface area contributed by atoms with Crippen LogP contribution in [0.5, 0.6) is 5.75 Å². The second-order valence-corrected chi connectivity index (χ2v) is 5.09. The standard InChI is InChI=1S/C14H20N2OS/c1-4-17-11-5-6-13-12(7-11)15-14(9-18)16(13)8-10(2)3/h5-7,10,18H,4,8-9H2,1-3H3. The van der Waals surface area contributed by atoms with Gasteiger partial charge in [-0.25, -0.2) is 4.98 Å². The van der Waals surface area contributed by atoms with Crippen molar-refractivity contribution in [3.8, 4) is 5.75 Å². The minimum atomic E-state index is 0.590. The van der Waals surface area contributed by atoms with Gasteiger partial charge in [0.1, 0.15) is 11.6 Å². The number of hydrogen-bond donors (Lipinski definition) is 1. The van der Waals surface area contributed by atoms with Crippen molar-refractivity contribution in [3.63, 3.8) is 0 Å². The van der Waals surface area contributed by atoms with Crippen LogP contribution in [0.2, 0.25) is 0 Å². The van der Waals surface area contributed by atoms with Gasteiger partial charge in [-0.15, -0.1) is 0 Å². The Morgan fingerprint density at radius 2 is 2.17 bits per heavy atom. The van der Waals surface area contributed by atoms with Crippen molar-refractivity contribution in [1.82, 2.24) is 9.55 Å². The fourth-order valence-electron chi connectivity index (χ4n) is 2.11. The predicted molar refractivity (Wildman–Crippen MR) is 78.4 cm³/mol. The lowest BCUT2D eigenvalue weighted by atomic mass is 10.2. The highest BCUT2D eigenvalue weighted by Gasteiger charge is 2.11. The van der Waals surface area contributed by atoms with Gasteiger partial charge in [0.2, 0.25) is 0 Å². The molecule has 0 atom stereocenters. The first-order valence-electron chi connectivity index (χ1n) is 6.38. The van der Waals surface area contributed by atoms with E-state index in [0.29, 0.717) is 18.3 Å². The Labute approximate surface area is 114 Å². The van der Waals surface area contributed by atoms with Gasteiger partial charge in [0, 0.05) is 18.4 Å². The molecule has 1 heterocycles. The van der Waals surface area contributed by atoms with Gasteiger partial charge in [-0.3, -0.25) is 0 Å². The van der Waals surface area contributed by atoms with Crippen molar-refractivity contribution >= 4 is 23.7 Å². The summed E-state index contributed by atoms with van der Waals surface area (Å²) in [6, 6.07) is 6.10. The largest absolute Gasteiger partial charge is 0.494 e. The van der Waals surface area contributed by atoms with E-state index in [9.17, 15) is 0 Å². The minimum absolute atomic E-state index is 0.590. The minimum Gasteiger partial charge on any atom is -0.494 e. The lowest BCUT2D eigenvalue weighted by Gasteiger charge is -2.10. The summed E-state index contributed by atoms with van der Waals surface area (Å²) in [5, 5.41) is 0. The maximum atomic E-state index is 5.51. The highest BCUT2D eigenvalue weighted by Crippen LogP contribution is 2.23. The van der Waals surface area contributed by atoms with Crippen LogP contribution in [0.15, 0.2) is 18.2 Å². The number of rotatable bonds is 5. The maximum Gasteiger partial charge on any atom is 0.121 e. The fraction of sp³-hybridized carbons (Fsp3) is 0.500. The molecule has 0 saturated carbocycles. The van der Waals surface area contributed by atoms with Gasteiger partial charge in [0.15, 0.2) is 0 Å². The van der Waals surface area contributed by atoms with Crippen molar-refractivity contribution in [3.05, 3.63) is 24.0 Å². The zero-order valence-electron chi connectivity index (χ0n) is 11.2. The molecule has 1 aromatic carbocycles. The van der Waals surface area contributed by atoms with Crippen LogP contribution in [0.3, 0.4) is 0 Å². The Balaban J connectivity index is 2.48. The van der Waals surface area contributed by atoms with Crippen LogP contribution >= 0.6 is 12.6 Å². The van der Waals surface area contributed by atoms with Crippen LogP contribution in [0.25, 0.3) is 11.0 Å². The Bertz CT molecular complexity index is 534. The smallest absolute Gasteiger partial charge is 0.121 e. The molecule has 0 fully saturated rings. The Morgan fingerprint density at radius 3 is 2.78 bits per heavy atom. The van der Waals surface area contributed by atoms with Crippen LogP contribution in [0, 0.1) is 5.92 Å². The van der Waals surface area contributed by atoms with Crippen LogP contribution < -0.4 is 4.74 Å². The molecule has 2 aromatic rings. The summed E-state index contributed by atoms with van der Waals surface area (Å²) in [7, 11) is 0. The third kappa shape index (κ3) is 2.64. The summed E-state index contributed by atoms with van der Waals surface area (Å²) in [6.45, 7) is 8.06. The number of imidazole rings is 1. The molecular formula is C14H20N2OS. The SMILES string of the molecule is CCOc1ccc2c(c1)nc(CS)n2CC(C)C. The van der Waals surface area contributed by atoms with Crippen LogP contribution in [0.4, 0.5) is 0 Å². The quantitative estimate of drug-likeness (QED) is 0.837. The zero-order chi connectivity index (χ0) is 13.1. The predicted octanol–water partition coefficient (Wildman–Crippen LogP) is 3.52. The first kappa shape index (κ1) is 13.3. The number of thiol groups is 1. The van der Waals surface area contributed by atoms with Crippen molar-refractivity contribution in [2.24, 2.45) is 5.92 Å². The summed E-state index contributed by atoms with van der Waals surface area (Å²) in [5.41, 5.74) is 2.15. The number of fused-ring (bicyclic) bond motifs is 1. The lowest BCUT2D eigenvalue weighted by molar-refractivity contribution is 0.340. The van der Waals surface area contributed by atoms with Crippen LogP contribution in [-0.4, -0.2) is 16.2 Å². The molecule has 0 aliphatic heterocycles. The molecule has 3 nitrogen and oxygen atoms in total. The molecule has 0 unspecified atom stereocenters. The zero-order valence-corrected chi connectivity index (χ0v) is 12.1. The third-order valence-corrected chi connectivity index (χ3v) is 3.08. The monoisotopic (exact) mass is 264 g/mol. The van der Waals surface area contributed by atoms with Crippen LogP contribution in [0.1, 0.15) is 26.6 Å². The van der Waals surface area contributed by atoms with E-state index in [1.54, 1.807) is 0 Å². The summed E-state index contributed by atoms with van der Waals surface area (Å²) >= 11 is 4.37. The van der Waals surface area contributed by atoms with Crippen molar-refractivity contribution in [1.29, 1.82) is 0 Å². The number of benzene rings is 1. The van der Waals surface area contributed by atoms with E-state index in [-0.39, 0.29) is 0 Å². The molecule has 0 N–H and O–H groups in total. The molecule has 98 valence electrons. The topological polar surface area (TPSA) is 27.1 Å². The molecule has 0 aliphatic rings. The molecule has 0 aliphatic carbocycles. The first-order valence-corrected chi connectivity index (χ1v) is 7.01.